The quantitative estimate of drug-likeness (QED) is 0.348. The molecule has 0 aromatic rings. The van der Waals surface area contributed by atoms with E-state index in [2.05, 4.69) is 14.0 Å². The Labute approximate surface area is 71.0 Å². The Morgan fingerprint density at radius 3 is 2.67 bits per heavy atom. The molecule has 0 unspecified atom stereocenters. The molecule has 0 bridgehead atoms. The minimum atomic E-state index is -2.38. The fourth-order valence-corrected chi connectivity index (χ4v) is 0.662. The van der Waals surface area contributed by atoms with E-state index < -0.39 is 14.6 Å². The summed E-state index contributed by atoms with van der Waals surface area (Å²) in [5, 5.41) is 0. The molecule has 0 aliphatic carbocycles. The lowest BCUT2D eigenvalue weighted by Crippen LogP contribution is -2.09. The van der Waals surface area contributed by atoms with Crippen LogP contribution in [0.3, 0.4) is 0 Å². The minimum Gasteiger partial charge on any atom is -0.438 e. The van der Waals surface area contributed by atoms with Crippen molar-refractivity contribution in [1.29, 1.82) is 0 Å². The Morgan fingerprint density at radius 1 is 1.50 bits per heavy atom. The SMILES string of the molecule is COCOC(=O)CCOP(O)O. The number of rotatable bonds is 6. The van der Waals surface area contributed by atoms with Crippen molar-refractivity contribution >= 4 is 14.6 Å². The summed E-state index contributed by atoms with van der Waals surface area (Å²) in [4.78, 5) is 27.2. The zero-order valence-corrected chi connectivity index (χ0v) is 7.49. The maximum atomic E-state index is 10.6. The highest BCUT2D eigenvalue weighted by Crippen LogP contribution is 2.23. The van der Waals surface area contributed by atoms with Crippen LogP contribution in [0.5, 0.6) is 0 Å². The highest BCUT2D eigenvalue weighted by atomic mass is 31.2. The van der Waals surface area contributed by atoms with E-state index in [0.717, 1.165) is 0 Å². The van der Waals surface area contributed by atoms with Crippen molar-refractivity contribution in [2.75, 3.05) is 20.5 Å². The maximum Gasteiger partial charge on any atom is 0.327 e. The second-order valence-corrected chi connectivity index (χ2v) is 2.52. The Morgan fingerprint density at radius 2 is 2.17 bits per heavy atom. The lowest BCUT2D eigenvalue weighted by atomic mass is 10.5. The Balaban J connectivity index is 3.20. The molecule has 0 radical (unpaired) electrons. The standard InChI is InChI=1S/C5H11O6P/c1-9-4-10-5(6)2-3-11-12(7)8/h7-8H,2-4H2,1H3. The molecule has 6 nitrogen and oxygen atoms in total. The zero-order chi connectivity index (χ0) is 9.40. The third-order valence-corrected chi connectivity index (χ3v) is 1.26. The van der Waals surface area contributed by atoms with E-state index in [9.17, 15) is 4.79 Å². The highest BCUT2D eigenvalue weighted by Gasteiger charge is 2.04. The first-order chi connectivity index (χ1) is 5.66. The largest absolute Gasteiger partial charge is 0.438 e. The van der Waals surface area contributed by atoms with Crippen LogP contribution in [-0.4, -0.2) is 36.3 Å². The van der Waals surface area contributed by atoms with Gasteiger partial charge < -0.3 is 23.8 Å². The number of methoxy groups -OCH3 is 1. The number of ether oxygens (including phenoxy) is 2. The summed E-state index contributed by atoms with van der Waals surface area (Å²) in [6.45, 7) is -0.174. The molecule has 0 amide bonds. The van der Waals surface area contributed by atoms with Gasteiger partial charge in [-0.3, -0.25) is 4.79 Å². The van der Waals surface area contributed by atoms with Gasteiger partial charge in [-0.05, 0) is 0 Å². The number of hydrogen-bond acceptors (Lipinski definition) is 6. The Kier molecular flexibility index (Phi) is 7.23. The van der Waals surface area contributed by atoms with E-state index in [1.165, 1.54) is 7.11 Å². The van der Waals surface area contributed by atoms with E-state index in [1.54, 1.807) is 0 Å². The second-order valence-electron chi connectivity index (χ2n) is 1.76. The van der Waals surface area contributed by atoms with Crippen molar-refractivity contribution in [3.8, 4) is 0 Å². The molecule has 0 atom stereocenters. The highest BCUT2D eigenvalue weighted by molar-refractivity contribution is 7.39. The molecule has 0 heterocycles. The summed E-state index contributed by atoms with van der Waals surface area (Å²) in [6, 6.07) is 0. The van der Waals surface area contributed by atoms with Crippen LogP contribution in [-0.2, 0) is 18.8 Å². The molecule has 0 aliphatic heterocycles. The summed E-state index contributed by atoms with van der Waals surface area (Å²) in [7, 11) is -0.990. The van der Waals surface area contributed by atoms with Gasteiger partial charge in [0.05, 0.1) is 13.0 Å². The minimum absolute atomic E-state index is 0.0245. The third-order valence-electron chi connectivity index (χ3n) is 0.851. The van der Waals surface area contributed by atoms with Gasteiger partial charge in [0.15, 0.2) is 6.79 Å². The first kappa shape index (κ1) is 11.7. The molecule has 7 heteroatoms. The van der Waals surface area contributed by atoms with Crippen LogP contribution in [0.4, 0.5) is 0 Å². The molecule has 0 fully saturated rings. The first-order valence-electron chi connectivity index (χ1n) is 3.12. The average Bonchev–Trinajstić information content (AvgIpc) is 2.00. The van der Waals surface area contributed by atoms with Gasteiger partial charge in [0, 0.05) is 7.11 Å². The number of esters is 1. The summed E-state index contributed by atoms with van der Waals surface area (Å²) in [5.41, 5.74) is 0. The van der Waals surface area contributed by atoms with Crippen molar-refractivity contribution in [3.05, 3.63) is 0 Å². The van der Waals surface area contributed by atoms with E-state index in [4.69, 9.17) is 9.79 Å². The monoisotopic (exact) mass is 198 g/mol. The van der Waals surface area contributed by atoms with Gasteiger partial charge >= 0.3 is 14.6 Å². The van der Waals surface area contributed by atoms with E-state index in [0.29, 0.717) is 0 Å². The third kappa shape index (κ3) is 7.84. The molecule has 0 aliphatic rings. The predicted molar refractivity (Wildman–Crippen MR) is 39.9 cm³/mol. The van der Waals surface area contributed by atoms with Crippen LogP contribution in [0.2, 0.25) is 0 Å². The lowest BCUT2D eigenvalue weighted by Gasteiger charge is -2.03. The fraction of sp³-hybridized carbons (Fsp3) is 0.800. The lowest BCUT2D eigenvalue weighted by molar-refractivity contribution is -0.154. The van der Waals surface area contributed by atoms with Gasteiger partial charge in [-0.1, -0.05) is 0 Å². The van der Waals surface area contributed by atoms with Gasteiger partial charge in [-0.2, -0.15) is 0 Å². The summed E-state index contributed by atoms with van der Waals surface area (Å²) in [6.07, 6.45) is -0.0245. The van der Waals surface area contributed by atoms with Crippen molar-refractivity contribution < 1.29 is 28.6 Å². The zero-order valence-electron chi connectivity index (χ0n) is 6.60. The fourth-order valence-electron chi connectivity index (χ4n) is 0.407. The molecule has 0 aromatic carbocycles. The van der Waals surface area contributed by atoms with Gasteiger partial charge in [-0.15, -0.1) is 0 Å². The van der Waals surface area contributed by atoms with Crippen LogP contribution in [0, 0.1) is 0 Å². The number of carbonyl (C=O) groups is 1. The van der Waals surface area contributed by atoms with Crippen LogP contribution >= 0.6 is 8.60 Å². The number of hydrogen-bond donors (Lipinski definition) is 2. The van der Waals surface area contributed by atoms with Crippen LogP contribution in [0.15, 0.2) is 0 Å². The summed E-state index contributed by atoms with van der Waals surface area (Å²) < 4.78 is 13.3. The maximum absolute atomic E-state index is 10.6. The van der Waals surface area contributed by atoms with Crippen LogP contribution < -0.4 is 0 Å². The predicted octanol–water partition coefficient (Wildman–Crippen LogP) is -0.248. The molecule has 2 N–H and O–H groups in total. The molecular formula is C5H11O6P. The normalized spacial score (nSPS) is 10.3. The molecule has 0 spiro atoms. The smallest absolute Gasteiger partial charge is 0.327 e. The van der Waals surface area contributed by atoms with Gasteiger partial charge in [0.25, 0.3) is 0 Å². The van der Waals surface area contributed by atoms with Crippen molar-refractivity contribution in [2.45, 2.75) is 6.42 Å². The molecule has 12 heavy (non-hydrogen) atoms. The van der Waals surface area contributed by atoms with E-state index in [1.807, 2.05) is 0 Å². The Bertz CT molecular complexity index is 127. The molecule has 72 valence electrons. The molecule has 0 saturated carbocycles. The van der Waals surface area contributed by atoms with Gasteiger partial charge in [0.2, 0.25) is 0 Å². The molecule has 0 aromatic heterocycles. The van der Waals surface area contributed by atoms with E-state index >= 15 is 0 Å². The number of carbonyl (C=O) groups excluding carboxylic acids is 1. The average molecular weight is 198 g/mol. The van der Waals surface area contributed by atoms with E-state index in [-0.39, 0.29) is 19.8 Å². The molecular weight excluding hydrogens is 187 g/mol. The van der Waals surface area contributed by atoms with Crippen molar-refractivity contribution in [3.63, 3.8) is 0 Å². The van der Waals surface area contributed by atoms with Crippen molar-refractivity contribution in [2.24, 2.45) is 0 Å². The Hall–Kier alpha value is -0.260. The molecule has 0 saturated heterocycles. The summed E-state index contributed by atoms with van der Waals surface area (Å²) >= 11 is 0. The van der Waals surface area contributed by atoms with Crippen LogP contribution in [0.1, 0.15) is 6.42 Å². The first-order valence-corrected chi connectivity index (χ1v) is 4.28. The second kappa shape index (κ2) is 7.39. The summed E-state index contributed by atoms with van der Waals surface area (Å²) in [5.74, 6) is -0.506. The van der Waals surface area contributed by atoms with Gasteiger partial charge in [-0.25, -0.2) is 0 Å². The van der Waals surface area contributed by atoms with Gasteiger partial charge in [0.1, 0.15) is 0 Å². The van der Waals surface area contributed by atoms with Crippen molar-refractivity contribution in [1.82, 2.24) is 0 Å². The topological polar surface area (TPSA) is 85.2 Å². The molecule has 0 rings (SSSR count). The van der Waals surface area contributed by atoms with Crippen LogP contribution in [0.25, 0.3) is 0 Å².